The van der Waals surface area contributed by atoms with Crippen molar-refractivity contribution in [3.8, 4) is 11.5 Å². The SMILES string of the molecule is O=C(NC[C@@H]1CCCO1)C1c2ccccc2Oc2ccccc21. The molecule has 2 aromatic rings. The summed E-state index contributed by atoms with van der Waals surface area (Å²) in [4.78, 5) is 12.9. The van der Waals surface area contributed by atoms with Gasteiger partial charge in [0.05, 0.1) is 12.0 Å². The van der Waals surface area contributed by atoms with E-state index in [0.717, 1.165) is 42.1 Å². The van der Waals surface area contributed by atoms with Gasteiger partial charge in [0.25, 0.3) is 0 Å². The Morgan fingerprint density at radius 3 is 2.30 bits per heavy atom. The summed E-state index contributed by atoms with van der Waals surface area (Å²) in [5, 5.41) is 3.06. The second-order valence-electron chi connectivity index (χ2n) is 5.99. The summed E-state index contributed by atoms with van der Waals surface area (Å²) >= 11 is 0. The van der Waals surface area contributed by atoms with Gasteiger partial charge < -0.3 is 14.8 Å². The molecule has 4 heteroatoms. The highest BCUT2D eigenvalue weighted by molar-refractivity contribution is 5.89. The van der Waals surface area contributed by atoms with Crippen molar-refractivity contribution in [3.63, 3.8) is 0 Å². The van der Waals surface area contributed by atoms with Crippen LogP contribution < -0.4 is 10.1 Å². The predicted molar refractivity (Wildman–Crippen MR) is 86.8 cm³/mol. The van der Waals surface area contributed by atoms with Gasteiger partial charge in [0.1, 0.15) is 11.5 Å². The largest absolute Gasteiger partial charge is 0.457 e. The van der Waals surface area contributed by atoms with Gasteiger partial charge in [-0.15, -0.1) is 0 Å². The number of ether oxygens (including phenoxy) is 2. The van der Waals surface area contributed by atoms with E-state index in [-0.39, 0.29) is 17.9 Å². The van der Waals surface area contributed by atoms with Crippen LogP contribution in [0.1, 0.15) is 29.9 Å². The number of fused-ring (bicyclic) bond motifs is 2. The lowest BCUT2D eigenvalue weighted by molar-refractivity contribution is -0.122. The Bertz CT molecular complexity index is 677. The van der Waals surface area contributed by atoms with Crippen LogP contribution in [-0.4, -0.2) is 25.2 Å². The molecule has 0 spiro atoms. The highest BCUT2D eigenvalue weighted by Gasteiger charge is 2.32. The Balaban J connectivity index is 1.62. The number of carbonyl (C=O) groups excluding carboxylic acids is 1. The molecule has 2 aliphatic heterocycles. The third-order valence-electron chi connectivity index (χ3n) is 4.47. The summed E-state index contributed by atoms with van der Waals surface area (Å²) in [5.41, 5.74) is 1.83. The highest BCUT2D eigenvalue weighted by Crippen LogP contribution is 2.43. The third-order valence-corrected chi connectivity index (χ3v) is 4.47. The monoisotopic (exact) mass is 309 g/mol. The molecule has 0 saturated carbocycles. The normalized spacial score (nSPS) is 19.6. The van der Waals surface area contributed by atoms with Gasteiger partial charge >= 0.3 is 0 Å². The van der Waals surface area contributed by atoms with Crippen LogP contribution in [0.4, 0.5) is 0 Å². The summed E-state index contributed by atoms with van der Waals surface area (Å²) in [6, 6.07) is 15.5. The zero-order valence-corrected chi connectivity index (χ0v) is 12.8. The van der Waals surface area contributed by atoms with Crippen LogP contribution in [0.2, 0.25) is 0 Å². The fraction of sp³-hybridized carbons (Fsp3) is 0.316. The molecule has 1 fully saturated rings. The number of para-hydroxylation sites is 2. The second kappa shape index (κ2) is 6.05. The number of hydrogen-bond donors (Lipinski definition) is 1. The smallest absolute Gasteiger partial charge is 0.232 e. The maximum atomic E-state index is 12.9. The molecule has 23 heavy (non-hydrogen) atoms. The van der Waals surface area contributed by atoms with E-state index in [2.05, 4.69) is 5.32 Å². The number of benzene rings is 2. The molecule has 1 amide bonds. The van der Waals surface area contributed by atoms with Crippen molar-refractivity contribution in [2.75, 3.05) is 13.2 Å². The first-order chi connectivity index (χ1) is 11.3. The number of rotatable bonds is 3. The van der Waals surface area contributed by atoms with E-state index in [1.54, 1.807) is 0 Å². The van der Waals surface area contributed by atoms with Crippen molar-refractivity contribution < 1.29 is 14.3 Å². The van der Waals surface area contributed by atoms with Crippen LogP contribution in [-0.2, 0) is 9.53 Å². The van der Waals surface area contributed by atoms with Crippen LogP contribution >= 0.6 is 0 Å². The van der Waals surface area contributed by atoms with Crippen LogP contribution in [0.5, 0.6) is 11.5 Å². The number of carbonyl (C=O) groups is 1. The van der Waals surface area contributed by atoms with Gasteiger partial charge in [-0.1, -0.05) is 36.4 Å². The highest BCUT2D eigenvalue weighted by atomic mass is 16.5. The first kappa shape index (κ1) is 14.3. The molecule has 2 aliphatic rings. The summed E-state index contributed by atoms with van der Waals surface area (Å²) in [7, 11) is 0. The molecule has 1 N–H and O–H groups in total. The molecule has 1 atom stereocenters. The van der Waals surface area contributed by atoms with Crippen LogP contribution in [0.3, 0.4) is 0 Å². The Kier molecular flexibility index (Phi) is 3.75. The fourth-order valence-corrected chi connectivity index (χ4v) is 3.31. The number of amides is 1. The predicted octanol–water partition coefficient (Wildman–Crippen LogP) is 3.22. The van der Waals surface area contributed by atoms with Gasteiger partial charge in [-0.2, -0.15) is 0 Å². The third kappa shape index (κ3) is 2.70. The van der Waals surface area contributed by atoms with E-state index in [0.29, 0.717) is 6.54 Å². The van der Waals surface area contributed by atoms with Crippen molar-refractivity contribution in [2.24, 2.45) is 0 Å². The first-order valence-electron chi connectivity index (χ1n) is 8.08. The zero-order chi connectivity index (χ0) is 15.6. The maximum absolute atomic E-state index is 12.9. The lowest BCUT2D eigenvalue weighted by Crippen LogP contribution is -2.36. The summed E-state index contributed by atoms with van der Waals surface area (Å²) < 4.78 is 11.5. The van der Waals surface area contributed by atoms with Crippen LogP contribution in [0, 0.1) is 0 Å². The van der Waals surface area contributed by atoms with Gasteiger partial charge in [-0.25, -0.2) is 0 Å². The zero-order valence-electron chi connectivity index (χ0n) is 12.8. The summed E-state index contributed by atoms with van der Waals surface area (Å²) in [5.74, 6) is 1.17. The first-order valence-corrected chi connectivity index (χ1v) is 8.08. The van der Waals surface area contributed by atoms with E-state index in [1.165, 1.54) is 0 Å². The Hall–Kier alpha value is -2.33. The Labute approximate surface area is 135 Å². The molecule has 2 aromatic carbocycles. The summed E-state index contributed by atoms with van der Waals surface area (Å²) in [6.07, 6.45) is 2.23. The molecular formula is C19H19NO3. The van der Waals surface area contributed by atoms with Crippen molar-refractivity contribution in [1.29, 1.82) is 0 Å². The maximum Gasteiger partial charge on any atom is 0.232 e. The molecule has 118 valence electrons. The van der Waals surface area contributed by atoms with E-state index in [1.807, 2.05) is 48.5 Å². The minimum Gasteiger partial charge on any atom is -0.457 e. The average molecular weight is 309 g/mol. The Morgan fingerprint density at radius 1 is 1.04 bits per heavy atom. The average Bonchev–Trinajstić information content (AvgIpc) is 3.11. The number of hydrogen-bond acceptors (Lipinski definition) is 3. The fourth-order valence-electron chi connectivity index (χ4n) is 3.31. The second-order valence-corrected chi connectivity index (χ2v) is 5.99. The molecule has 1 saturated heterocycles. The molecule has 2 heterocycles. The van der Waals surface area contributed by atoms with Gasteiger partial charge in [0.15, 0.2) is 0 Å². The Morgan fingerprint density at radius 2 is 1.70 bits per heavy atom. The van der Waals surface area contributed by atoms with E-state index >= 15 is 0 Å². The topological polar surface area (TPSA) is 47.6 Å². The molecular weight excluding hydrogens is 290 g/mol. The van der Waals surface area contributed by atoms with Crippen LogP contribution in [0.25, 0.3) is 0 Å². The minimum absolute atomic E-state index is 0.00343. The van der Waals surface area contributed by atoms with Crippen molar-refractivity contribution in [3.05, 3.63) is 59.7 Å². The standard InChI is InChI=1S/C19H19NO3/c21-19(20-12-13-6-5-11-22-13)18-14-7-1-3-9-16(14)23-17-10-4-2-8-15(17)18/h1-4,7-10,13,18H,5-6,11-12H2,(H,20,21)/t13-/m0/s1. The van der Waals surface area contributed by atoms with Crippen molar-refractivity contribution in [2.45, 2.75) is 24.9 Å². The lowest BCUT2D eigenvalue weighted by Gasteiger charge is -2.27. The van der Waals surface area contributed by atoms with Gasteiger partial charge in [0, 0.05) is 24.3 Å². The molecule has 4 rings (SSSR count). The number of nitrogens with one attached hydrogen (secondary N) is 1. The van der Waals surface area contributed by atoms with Crippen molar-refractivity contribution >= 4 is 5.91 Å². The summed E-state index contributed by atoms with van der Waals surface area (Å²) in [6.45, 7) is 1.37. The van der Waals surface area contributed by atoms with Gasteiger partial charge in [0.2, 0.25) is 5.91 Å². The molecule has 0 aromatic heterocycles. The molecule has 0 unspecified atom stereocenters. The quantitative estimate of drug-likeness (QED) is 0.947. The minimum atomic E-state index is -0.336. The molecule has 0 aliphatic carbocycles. The molecule has 4 nitrogen and oxygen atoms in total. The molecule has 0 bridgehead atoms. The van der Waals surface area contributed by atoms with Crippen LogP contribution in [0.15, 0.2) is 48.5 Å². The van der Waals surface area contributed by atoms with E-state index in [9.17, 15) is 4.79 Å². The van der Waals surface area contributed by atoms with E-state index < -0.39 is 0 Å². The van der Waals surface area contributed by atoms with Gasteiger partial charge in [-0.3, -0.25) is 4.79 Å². The van der Waals surface area contributed by atoms with E-state index in [4.69, 9.17) is 9.47 Å². The van der Waals surface area contributed by atoms with Crippen molar-refractivity contribution in [1.82, 2.24) is 5.32 Å². The lowest BCUT2D eigenvalue weighted by atomic mass is 9.87. The molecule has 0 radical (unpaired) electrons. The van der Waals surface area contributed by atoms with Gasteiger partial charge in [-0.05, 0) is 25.0 Å².